The number of halogens is 1. The Bertz CT molecular complexity index is 482. The summed E-state index contributed by atoms with van der Waals surface area (Å²) < 4.78 is 13.9. The van der Waals surface area contributed by atoms with Crippen LogP contribution in [0.1, 0.15) is 32.8 Å². The molecule has 0 aromatic heterocycles. The summed E-state index contributed by atoms with van der Waals surface area (Å²) >= 11 is 0. The van der Waals surface area contributed by atoms with Crippen molar-refractivity contribution in [2.45, 2.75) is 27.2 Å². The van der Waals surface area contributed by atoms with Gasteiger partial charge in [0, 0.05) is 13.1 Å². The maximum absolute atomic E-state index is 13.9. The molecule has 0 bridgehead atoms. The average Bonchev–Trinajstić information content (AvgIpc) is 2.77. The number of nitrogens with zero attached hydrogens (tertiary/aromatic N) is 2. The van der Waals surface area contributed by atoms with E-state index in [9.17, 15) is 4.39 Å². The zero-order chi connectivity index (χ0) is 13.3. The molecule has 2 nitrogen and oxygen atoms in total. The lowest BCUT2D eigenvalue weighted by molar-refractivity contribution is 0.263. The van der Waals surface area contributed by atoms with E-state index < -0.39 is 0 Å². The Kier molecular flexibility index (Phi) is 3.30. The lowest BCUT2D eigenvalue weighted by Crippen LogP contribution is -2.26. The van der Waals surface area contributed by atoms with Gasteiger partial charge in [0.15, 0.2) is 0 Å². The first-order valence-electron chi connectivity index (χ1n) is 6.36. The summed E-state index contributed by atoms with van der Waals surface area (Å²) in [5.41, 5.74) is 1.27. The van der Waals surface area contributed by atoms with E-state index in [2.05, 4.69) is 25.7 Å². The third-order valence-corrected chi connectivity index (χ3v) is 3.83. The standard InChI is InChI=1S/C15H19FN2/c1-15(2,3)12-6-7-18(10-12)14-5-4-11(9-17)8-13(14)16/h4-5,8,12H,6-7,10H2,1-3H3. The topological polar surface area (TPSA) is 27.0 Å². The average molecular weight is 246 g/mol. The summed E-state index contributed by atoms with van der Waals surface area (Å²) in [5, 5.41) is 8.74. The molecule has 2 rings (SSSR count). The molecule has 1 unspecified atom stereocenters. The molecule has 0 saturated carbocycles. The molecule has 1 atom stereocenters. The smallest absolute Gasteiger partial charge is 0.147 e. The summed E-state index contributed by atoms with van der Waals surface area (Å²) in [6.45, 7) is 8.49. The number of rotatable bonds is 1. The molecule has 96 valence electrons. The first-order chi connectivity index (χ1) is 8.41. The van der Waals surface area contributed by atoms with Crippen molar-refractivity contribution in [1.29, 1.82) is 5.26 Å². The molecule has 1 aliphatic rings. The van der Waals surface area contributed by atoms with Gasteiger partial charge >= 0.3 is 0 Å². The van der Waals surface area contributed by atoms with Crippen LogP contribution in [0.25, 0.3) is 0 Å². The van der Waals surface area contributed by atoms with Crippen LogP contribution in [0.5, 0.6) is 0 Å². The fourth-order valence-corrected chi connectivity index (χ4v) is 2.52. The fraction of sp³-hybridized carbons (Fsp3) is 0.533. The van der Waals surface area contributed by atoms with E-state index in [0.29, 0.717) is 17.2 Å². The van der Waals surface area contributed by atoms with Crippen LogP contribution in [0.4, 0.5) is 10.1 Å². The first kappa shape index (κ1) is 12.9. The molecular weight excluding hydrogens is 227 g/mol. The molecule has 1 aliphatic heterocycles. The van der Waals surface area contributed by atoms with Gasteiger partial charge < -0.3 is 4.90 Å². The Morgan fingerprint density at radius 1 is 1.39 bits per heavy atom. The summed E-state index contributed by atoms with van der Waals surface area (Å²) in [6, 6.07) is 6.68. The Morgan fingerprint density at radius 2 is 2.11 bits per heavy atom. The van der Waals surface area contributed by atoms with E-state index in [4.69, 9.17) is 5.26 Å². The third kappa shape index (κ3) is 2.48. The minimum atomic E-state index is -0.288. The highest BCUT2D eigenvalue weighted by Crippen LogP contribution is 2.36. The van der Waals surface area contributed by atoms with Crippen molar-refractivity contribution in [1.82, 2.24) is 0 Å². The molecule has 1 aromatic carbocycles. The molecule has 1 heterocycles. The van der Waals surface area contributed by atoms with Crippen molar-refractivity contribution in [3.05, 3.63) is 29.6 Å². The van der Waals surface area contributed by atoms with Crippen molar-refractivity contribution in [2.75, 3.05) is 18.0 Å². The highest BCUT2D eigenvalue weighted by molar-refractivity contribution is 5.52. The number of hydrogen-bond acceptors (Lipinski definition) is 2. The predicted octanol–water partition coefficient (Wildman–Crippen LogP) is 3.57. The van der Waals surface area contributed by atoms with Gasteiger partial charge in [-0.1, -0.05) is 20.8 Å². The van der Waals surface area contributed by atoms with E-state index in [1.54, 1.807) is 12.1 Å². The third-order valence-electron chi connectivity index (χ3n) is 3.83. The number of benzene rings is 1. The molecular formula is C15H19FN2. The van der Waals surface area contributed by atoms with Crippen LogP contribution in [0, 0.1) is 28.5 Å². The summed E-state index contributed by atoms with van der Waals surface area (Å²) in [4.78, 5) is 2.09. The quantitative estimate of drug-likeness (QED) is 0.757. The van der Waals surface area contributed by atoms with Gasteiger partial charge in [0.2, 0.25) is 0 Å². The lowest BCUT2D eigenvalue weighted by atomic mass is 9.80. The van der Waals surface area contributed by atoms with Gasteiger partial charge in [-0.05, 0) is 36.0 Å². The highest BCUT2D eigenvalue weighted by Gasteiger charge is 2.32. The summed E-state index contributed by atoms with van der Waals surface area (Å²) in [5.74, 6) is 0.302. The van der Waals surface area contributed by atoms with Gasteiger partial charge in [0.05, 0.1) is 17.3 Å². The van der Waals surface area contributed by atoms with E-state index in [1.165, 1.54) is 6.07 Å². The molecule has 18 heavy (non-hydrogen) atoms. The van der Waals surface area contributed by atoms with Crippen LogP contribution in [0.3, 0.4) is 0 Å². The Balaban J connectivity index is 2.18. The molecule has 1 saturated heterocycles. The van der Waals surface area contributed by atoms with Gasteiger partial charge in [-0.25, -0.2) is 4.39 Å². The zero-order valence-electron chi connectivity index (χ0n) is 11.2. The first-order valence-corrected chi connectivity index (χ1v) is 6.36. The minimum absolute atomic E-state index is 0.262. The molecule has 0 N–H and O–H groups in total. The largest absolute Gasteiger partial charge is 0.369 e. The van der Waals surface area contributed by atoms with Gasteiger partial charge in [-0.3, -0.25) is 0 Å². The van der Waals surface area contributed by atoms with Gasteiger partial charge in [-0.2, -0.15) is 5.26 Å². The van der Waals surface area contributed by atoms with Crippen molar-refractivity contribution in [3.8, 4) is 6.07 Å². The van der Waals surface area contributed by atoms with Crippen LogP contribution >= 0.6 is 0 Å². The van der Waals surface area contributed by atoms with Crippen LogP contribution in [0.2, 0.25) is 0 Å². The van der Waals surface area contributed by atoms with Gasteiger partial charge in [-0.15, -0.1) is 0 Å². The highest BCUT2D eigenvalue weighted by atomic mass is 19.1. The second kappa shape index (κ2) is 4.61. The maximum Gasteiger partial charge on any atom is 0.147 e. The Hall–Kier alpha value is -1.56. The molecule has 1 aromatic rings. The monoisotopic (exact) mass is 246 g/mol. The molecule has 0 spiro atoms. The predicted molar refractivity (Wildman–Crippen MR) is 70.9 cm³/mol. The normalized spacial score (nSPS) is 19.9. The van der Waals surface area contributed by atoms with Gasteiger partial charge in [0.1, 0.15) is 5.82 Å². The van der Waals surface area contributed by atoms with E-state index in [0.717, 1.165) is 19.5 Å². The minimum Gasteiger partial charge on any atom is -0.369 e. The van der Waals surface area contributed by atoms with Crippen LogP contribution in [-0.2, 0) is 0 Å². The SMILES string of the molecule is CC(C)(C)C1CCN(c2ccc(C#N)cc2F)C1. The van der Waals surface area contributed by atoms with E-state index >= 15 is 0 Å². The summed E-state index contributed by atoms with van der Waals surface area (Å²) in [6.07, 6.45) is 1.10. The molecule has 3 heteroatoms. The van der Waals surface area contributed by atoms with E-state index in [1.807, 2.05) is 6.07 Å². The lowest BCUT2D eigenvalue weighted by Gasteiger charge is -2.27. The second-order valence-electron chi connectivity index (χ2n) is 6.08. The van der Waals surface area contributed by atoms with Crippen molar-refractivity contribution in [3.63, 3.8) is 0 Å². The zero-order valence-corrected chi connectivity index (χ0v) is 11.2. The van der Waals surface area contributed by atoms with Crippen LogP contribution < -0.4 is 4.90 Å². The fourth-order valence-electron chi connectivity index (χ4n) is 2.52. The number of anilines is 1. The summed E-state index contributed by atoms with van der Waals surface area (Å²) in [7, 11) is 0. The van der Waals surface area contributed by atoms with Crippen molar-refractivity contribution < 1.29 is 4.39 Å². The van der Waals surface area contributed by atoms with Crippen LogP contribution in [-0.4, -0.2) is 13.1 Å². The molecule has 1 fully saturated rings. The van der Waals surface area contributed by atoms with Gasteiger partial charge in [0.25, 0.3) is 0 Å². The Labute approximate surface area is 108 Å². The van der Waals surface area contributed by atoms with E-state index in [-0.39, 0.29) is 11.2 Å². The van der Waals surface area contributed by atoms with Crippen molar-refractivity contribution >= 4 is 5.69 Å². The second-order valence-corrected chi connectivity index (χ2v) is 6.08. The molecule has 0 radical (unpaired) electrons. The number of nitriles is 1. The maximum atomic E-state index is 13.9. The number of hydrogen-bond donors (Lipinski definition) is 0. The van der Waals surface area contributed by atoms with Crippen molar-refractivity contribution in [2.24, 2.45) is 11.3 Å². The van der Waals surface area contributed by atoms with Crippen LogP contribution in [0.15, 0.2) is 18.2 Å². The molecule has 0 amide bonds. The molecule has 0 aliphatic carbocycles. The Morgan fingerprint density at radius 3 is 2.61 bits per heavy atom.